The van der Waals surface area contributed by atoms with Gasteiger partial charge in [-0.2, -0.15) is 0 Å². The molecule has 1 aromatic carbocycles. The van der Waals surface area contributed by atoms with Crippen LogP contribution in [0.15, 0.2) is 12.1 Å². The second kappa shape index (κ2) is 2.85. The molecule has 2 rings (SSSR count). The van der Waals surface area contributed by atoms with Gasteiger partial charge in [0.1, 0.15) is 0 Å². The Labute approximate surface area is 92.7 Å². The standard InChI is InChI=1S/C14H21N/c1-9-6-11(3)12(7-10(9)2)14(15)8-13(14,4)5/h6-7H,8,15H2,1-5H3. The van der Waals surface area contributed by atoms with Crippen molar-refractivity contribution in [2.24, 2.45) is 11.1 Å². The van der Waals surface area contributed by atoms with Gasteiger partial charge < -0.3 is 5.73 Å². The lowest BCUT2D eigenvalue weighted by Crippen LogP contribution is -2.26. The molecule has 1 heteroatoms. The lowest BCUT2D eigenvalue weighted by atomic mass is 9.90. The minimum atomic E-state index is -0.0878. The zero-order valence-electron chi connectivity index (χ0n) is 10.4. The van der Waals surface area contributed by atoms with Gasteiger partial charge in [-0.15, -0.1) is 0 Å². The summed E-state index contributed by atoms with van der Waals surface area (Å²) in [4.78, 5) is 0. The summed E-state index contributed by atoms with van der Waals surface area (Å²) in [6.07, 6.45) is 1.10. The molecule has 1 unspecified atom stereocenters. The van der Waals surface area contributed by atoms with E-state index in [1.54, 1.807) is 0 Å². The van der Waals surface area contributed by atoms with E-state index in [0.29, 0.717) is 0 Å². The Morgan fingerprint density at radius 1 is 1.00 bits per heavy atom. The Bertz CT molecular complexity index is 418. The van der Waals surface area contributed by atoms with Gasteiger partial charge in [0.25, 0.3) is 0 Å². The van der Waals surface area contributed by atoms with Gasteiger partial charge in [-0.3, -0.25) is 0 Å². The van der Waals surface area contributed by atoms with Gasteiger partial charge in [-0.1, -0.05) is 26.0 Å². The molecule has 0 radical (unpaired) electrons. The summed E-state index contributed by atoms with van der Waals surface area (Å²) < 4.78 is 0. The van der Waals surface area contributed by atoms with E-state index in [1.165, 1.54) is 22.3 Å². The van der Waals surface area contributed by atoms with Gasteiger partial charge in [0.05, 0.1) is 0 Å². The first-order valence-electron chi connectivity index (χ1n) is 5.65. The largest absolute Gasteiger partial charge is 0.321 e. The van der Waals surface area contributed by atoms with Crippen molar-refractivity contribution in [3.05, 3.63) is 34.4 Å². The Hall–Kier alpha value is -0.820. The van der Waals surface area contributed by atoms with Crippen LogP contribution in [0.1, 0.15) is 42.5 Å². The van der Waals surface area contributed by atoms with Gasteiger partial charge in [0, 0.05) is 5.54 Å². The molecule has 0 amide bonds. The molecule has 0 aromatic heterocycles. The topological polar surface area (TPSA) is 26.0 Å². The molecule has 0 aliphatic heterocycles. The van der Waals surface area contributed by atoms with Crippen molar-refractivity contribution < 1.29 is 0 Å². The molecule has 82 valence electrons. The zero-order valence-corrected chi connectivity index (χ0v) is 10.4. The summed E-state index contributed by atoms with van der Waals surface area (Å²) >= 11 is 0. The first kappa shape index (κ1) is 10.7. The van der Waals surface area contributed by atoms with Gasteiger partial charge in [0.15, 0.2) is 0 Å². The number of benzene rings is 1. The van der Waals surface area contributed by atoms with Crippen LogP contribution < -0.4 is 5.73 Å². The quantitative estimate of drug-likeness (QED) is 0.745. The number of rotatable bonds is 1. The van der Waals surface area contributed by atoms with Crippen LogP contribution in [0.5, 0.6) is 0 Å². The summed E-state index contributed by atoms with van der Waals surface area (Å²) in [5.41, 5.74) is 12.0. The number of hydrogen-bond acceptors (Lipinski definition) is 1. The van der Waals surface area contributed by atoms with Crippen molar-refractivity contribution in [2.45, 2.75) is 46.6 Å². The third-order valence-corrected chi connectivity index (χ3v) is 4.12. The molecule has 1 aliphatic carbocycles. The second-order valence-electron chi connectivity index (χ2n) is 5.78. The number of nitrogens with two attached hydrogens (primary N) is 1. The van der Waals surface area contributed by atoms with Crippen LogP contribution in [0, 0.1) is 26.2 Å². The van der Waals surface area contributed by atoms with Crippen molar-refractivity contribution in [1.82, 2.24) is 0 Å². The molecule has 15 heavy (non-hydrogen) atoms. The average Bonchev–Trinajstić information content (AvgIpc) is 2.60. The summed E-state index contributed by atoms with van der Waals surface area (Å²) in [5.74, 6) is 0. The van der Waals surface area contributed by atoms with Crippen LogP contribution in [0.4, 0.5) is 0 Å². The van der Waals surface area contributed by atoms with Crippen LogP contribution >= 0.6 is 0 Å². The van der Waals surface area contributed by atoms with Crippen LogP contribution in [0.25, 0.3) is 0 Å². The molecule has 2 N–H and O–H groups in total. The van der Waals surface area contributed by atoms with Crippen molar-refractivity contribution in [2.75, 3.05) is 0 Å². The first-order valence-corrected chi connectivity index (χ1v) is 5.65. The van der Waals surface area contributed by atoms with Gasteiger partial charge in [0.2, 0.25) is 0 Å². The summed E-state index contributed by atoms with van der Waals surface area (Å²) in [6.45, 7) is 11.0. The predicted octanol–water partition coefficient (Wildman–Crippen LogP) is 3.20. The second-order valence-corrected chi connectivity index (χ2v) is 5.78. The lowest BCUT2D eigenvalue weighted by Gasteiger charge is -2.19. The SMILES string of the molecule is Cc1cc(C)c(C2(N)CC2(C)C)cc1C. The lowest BCUT2D eigenvalue weighted by molar-refractivity contribution is 0.508. The summed E-state index contributed by atoms with van der Waals surface area (Å²) in [6, 6.07) is 4.53. The Morgan fingerprint density at radius 3 is 1.93 bits per heavy atom. The highest BCUT2D eigenvalue weighted by atomic mass is 14.9. The summed E-state index contributed by atoms with van der Waals surface area (Å²) in [5, 5.41) is 0. The van der Waals surface area contributed by atoms with E-state index in [0.717, 1.165) is 6.42 Å². The van der Waals surface area contributed by atoms with E-state index in [-0.39, 0.29) is 11.0 Å². The molecule has 0 saturated heterocycles. The minimum absolute atomic E-state index is 0.0878. The Kier molecular flexibility index (Phi) is 2.03. The van der Waals surface area contributed by atoms with Crippen molar-refractivity contribution in [3.63, 3.8) is 0 Å². The first-order chi connectivity index (χ1) is 6.78. The Balaban J connectivity index is 2.52. The third kappa shape index (κ3) is 1.41. The van der Waals surface area contributed by atoms with E-state index in [4.69, 9.17) is 5.73 Å². The molecule has 1 nitrogen and oxygen atoms in total. The summed E-state index contributed by atoms with van der Waals surface area (Å²) in [7, 11) is 0. The average molecular weight is 203 g/mol. The highest BCUT2D eigenvalue weighted by Gasteiger charge is 2.59. The van der Waals surface area contributed by atoms with E-state index in [9.17, 15) is 0 Å². The fourth-order valence-corrected chi connectivity index (χ4v) is 2.55. The van der Waals surface area contributed by atoms with Crippen molar-refractivity contribution in [1.29, 1.82) is 0 Å². The van der Waals surface area contributed by atoms with E-state index >= 15 is 0 Å². The monoisotopic (exact) mass is 203 g/mol. The maximum atomic E-state index is 6.47. The highest BCUT2D eigenvalue weighted by molar-refractivity contribution is 5.45. The molecule has 1 atom stereocenters. The molecule has 0 heterocycles. The van der Waals surface area contributed by atoms with Crippen LogP contribution in [0.3, 0.4) is 0 Å². The maximum absolute atomic E-state index is 6.47. The normalized spacial score (nSPS) is 27.9. The molecule has 0 bridgehead atoms. The van der Waals surface area contributed by atoms with Crippen LogP contribution in [-0.4, -0.2) is 0 Å². The van der Waals surface area contributed by atoms with E-state index in [1.807, 2.05) is 0 Å². The van der Waals surface area contributed by atoms with E-state index in [2.05, 4.69) is 46.8 Å². The molecule has 1 fully saturated rings. The van der Waals surface area contributed by atoms with Gasteiger partial charge in [-0.05, 0) is 54.9 Å². The highest BCUT2D eigenvalue weighted by Crippen LogP contribution is 2.61. The number of aryl methyl sites for hydroxylation is 3. The molecule has 0 spiro atoms. The fourth-order valence-electron chi connectivity index (χ4n) is 2.55. The van der Waals surface area contributed by atoms with Crippen molar-refractivity contribution in [3.8, 4) is 0 Å². The Morgan fingerprint density at radius 2 is 1.47 bits per heavy atom. The van der Waals surface area contributed by atoms with Gasteiger partial charge >= 0.3 is 0 Å². The van der Waals surface area contributed by atoms with E-state index < -0.39 is 0 Å². The molecular formula is C14H21N. The van der Waals surface area contributed by atoms with Crippen LogP contribution in [-0.2, 0) is 5.54 Å². The predicted molar refractivity (Wildman–Crippen MR) is 64.9 cm³/mol. The smallest absolute Gasteiger partial charge is 0.0470 e. The number of hydrogen-bond donors (Lipinski definition) is 1. The molecule has 1 saturated carbocycles. The molecular weight excluding hydrogens is 182 g/mol. The maximum Gasteiger partial charge on any atom is 0.0470 e. The molecule has 1 aliphatic rings. The van der Waals surface area contributed by atoms with Gasteiger partial charge in [-0.25, -0.2) is 0 Å². The zero-order chi connectivity index (χ0) is 11.4. The van der Waals surface area contributed by atoms with Crippen LogP contribution in [0.2, 0.25) is 0 Å². The third-order valence-electron chi connectivity index (χ3n) is 4.12. The molecule has 1 aromatic rings. The minimum Gasteiger partial charge on any atom is -0.321 e. The van der Waals surface area contributed by atoms with Crippen molar-refractivity contribution >= 4 is 0 Å². The fraction of sp³-hybridized carbons (Fsp3) is 0.571.